The lowest BCUT2D eigenvalue weighted by atomic mass is 10.1. The third-order valence-corrected chi connectivity index (χ3v) is 6.59. The van der Waals surface area contributed by atoms with Crippen molar-refractivity contribution in [3.63, 3.8) is 0 Å². The molecular weight excluding hydrogens is 321 g/mol. The second-order valence-electron chi connectivity index (χ2n) is 4.92. The van der Waals surface area contributed by atoms with Crippen molar-refractivity contribution in [2.24, 2.45) is 5.92 Å². The van der Waals surface area contributed by atoms with E-state index in [0.717, 1.165) is 12.1 Å². The minimum Gasteiger partial charge on any atom is -0.495 e. The molecule has 1 aliphatic rings. The van der Waals surface area contributed by atoms with Crippen molar-refractivity contribution in [1.29, 1.82) is 0 Å². The molecule has 0 spiro atoms. The Kier molecular flexibility index (Phi) is 4.54. The van der Waals surface area contributed by atoms with Crippen LogP contribution in [0.15, 0.2) is 23.1 Å². The van der Waals surface area contributed by atoms with Crippen LogP contribution in [0.2, 0.25) is 0 Å². The lowest BCUT2D eigenvalue weighted by Gasteiger charge is -2.13. The van der Waals surface area contributed by atoms with Crippen molar-refractivity contribution in [2.45, 2.75) is 11.3 Å². The molecule has 1 N–H and O–H groups in total. The van der Waals surface area contributed by atoms with Crippen LogP contribution in [0, 0.1) is 11.7 Å². The monoisotopic (exact) mass is 337 g/mol. The first-order valence-corrected chi connectivity index (χ1v) is 9.57. The molecule has 1 aliphatic heterocycles. The Morgan fingerprint density at radius 1 is 1.43 bits per heavy atom. The summed E-state index contributed by atoms with van der Waals surface area (Å²) in [6.07, 6.45) is 0.422. The number of benzene rings is 1. The fraction of sp³-hybridized carbons (Fsp3) is 0.500. The Morgan fingerprint density at radius 3 is 2.71 bits per heavy atom. The summed E-state index contributed by atoms with van der Waals surface area (Å²) in [5, 5.41) is 0. The summed E-state index contributed by atoms with van der Waals surface area (Å²) in [7, 11) is -5.74. The number of hydrogen-bond donors (Lipinski definition) is 1. The van der Waals surface area contributed by atoms with E-state index in [0.29, 0.717) is 6.42 Å². The Morgan fingerprint density at radius 2 is 2.14 bits per heavy atom. The summed E-state index contributed by atoms with van der Waals surface area (Å²) in [6.45, 7) is 0.00122. The van der Waals surface area contributed by atoms with Gasteiger partial charge < -0.3 is 4.74 Å². The molecule has 0 unspecified atom stereocenters. The van der Waals surface area contributed by atoms with Crippen molar-refractivity contribution in [2.75, 3.05) is 25.2 Å². The smallest absolute Gasteiger partial charge is 0.244 e. The molecule has 1 aromatic carbocycles. The van der Waals surface area contributed by atoms with Gasteiger partial charge in [0.2, 0.25) is 10.0 Å². The van der Waals surface area contributed by atoms with Crippen LogP contribution in [0.5, 0.6) is 5.75 Å². The standard InChI is InChI=1S/C12H16FNO5S2/c1-19-11-3-2-10(13)6-12(11)21(17,18)14-7-9-4-5-20(15,16)8-9/h2-3,6,9,14H,4-5,7-8H2,1H3/t9-/m0/s1. The Labute approximate surface area is 123 Å². The number of hydrogen-bond acceptors (Lipinski definition) is 5. The Balaban J connectivity index is 2.14. The highest BCUT2D eigenvalue weighted by Crippen LogP contribution is 2.25. The molecule has 2 rings (SSSR count). The van der Waals surface area contributed by atoms with E-state index >= 15 is 0 Å². The molecular formula is C12H16FNO5S2. The third-order valence-electron chi connectivity index (χ3n) is 3.30. The van der Waals surface area contributed by atoms with Gasteiger partial charge in [-0.05, 0) is 30.5 Å². The van der Waals surface area contributed by atoms with Crippen molar-refractivity contribution >= 4 is 19.9 Å². The zero-order valence-electron chi connectivity index (χ0n) is 11.4. The molecule has 1 aromatic rings. The number of nitrogens with one attached hydrogen (secondary N) is 1. The van der Waals surface area contributed by atoms with Gasteiger partial charge >= 0.3 is 0 Å². The molecule has 6 nitrogen and oxygen atoms in total. The van der Waals surface area contributed by atoms with E-state index in [-0.39, 0.29) is 34.6 Å². The molecule has 0 radical (unpaired) electrons. The van der Waals surface area contributed by atoms with Crippen molar-refractivity contribution in [3.05, 3.63) is 24.0 Å². The zero-order chi connectivity index (χ0) is 15.7. The lowest BCUT2D eigenvalue weighted by molar-refractivity contribution is 0.400. The van der Waals surface area contributed by atoms with Crippen LogP contribution in [-0.2, 0) is 19.9 Å². The Hall–Kier alpha value is -1.19. The molecule has 0 bridgehead atoms. The summed E-state index contributed by atoms with van der Waals surface area (Å²) in [6, 6.07) is 3.19. The van der Waals surface area contributed by atoms with E-state index < -0.39 is 25.7 Å². The fourth-order valence-electron chi connectivity index (χ4n) is 2.20. The van der Waals surface area contributed by atoms with Crippen molar-refractivity contribution in [3.8, 4) is 5.75 Å². The Bertz CT molecular complexity index is 730. The van der Waals surface area contributed by atoms with Crippen LogP contribution >= 0.6 is 0 Å². The van der Waals surface area contributed by atoms with Gasteiger partial charge in [-0.1, -0.05) is 0 Å². The lowest BCUT2D eigenvalue weighted by Crippen LogP contribution is -2.30. The molecule has 0 aliphatic carbocycles. The van der Waals surface area contributed by atoms with Crippen LogP contribution in [-0.4, -0.2) is 42.0 Å². The van der Waals surface area contributed by atoms with E-state index in [1.807, 2.05) is 0 Å². The van der Waals surface area contributed by atoms with Crippen LogP contribution in [0.4, 0.5) is 4.39 Å². The molecule has 118 valence electrons. The third kappa shape index (κ3) is 3.92. The summed E-state index contributed by atoms with van der Waals surface area (Å²) in [4.78, 5) is -0.300. The average Bonchev–Trinajstić information content (AvgIpc) is 2.76. The molecule has 1 heterocycles. The average molecular weight is 337 g/mol. The minimum absolute atomic E-state index is 0.00122. The molecule has 0 amide bonds. The van der Waals surface area contributed by atoms with E-state index in [9.17, 15) is 21.2 Å². The van der Waals surface area contributed by atoms with Gasteiger partial charge in [0.15, 0.2) is 9.84 Å². The van der Waals surface area contributed by atoms with E-state index in [4.69, 9.17) is 4.74 Å². The second-order valence-corrected chi connectivity index (χ2v) is 8.88. The summed E-state index contributed by atoms with van der Waals surface area (Å²) < 4.78 is 67.5. The van der Waals surface area contributed by atoms with Gasteiger partial charge in [0, 0.05) is 6.54 Å². The normalized spacial score (nSPS) is 21.3. The SMILES string of the molecule is COc1ccc(F)cc1S(=O)(=O)NC[C@@H]1CCS(=O)(=O)C1. The number of halogens is 1. The molecule has 9 heteroatoms. The van der Waals surface area contributed by atoms with Crippen molar-refractivity contribution < 1.29 is 26.0 Å². The van der Waals surface area contributed by atoms with Gasteiger partial charge in [0.25, 0.3) is 0 Å². The number of rotatable bonds is 5. The first-order chi connectivity index (χ1) is 9.73. The summed E-state index contributed by atoms with van der Waals surface area (Å²) in [5.41, 5.74) is 0. The number of ether oxygens (including phenoxy) is 1. The zero-order valence-corrected chi connectivity index (χ0v) is 13.0. The van der Waals surface area contributed by atoms with Gasteiger partial charge in [0.1, 0.15) is 16.5 Å². The maximum absolute atomic E-state index is 13.2. The summed E-state index contributed by atoms with van der Waals surface area (Å²) >= 11 is 0. The second kappa shape index (κ2) is 5.90. The highest BCUT2D eigenvalue weighted by atomic mass is 32.2. The predicted molar refractivity (Wildman–Crippen MR) is 74.9 cm³/mol. The van der Waals surface area contributed by atoms with E-state index in [2.05, 4.69) is 4.72 Å². The van der Waals surface area contributed by atoms with Gasteiger partial charge in [-0.3, -0.25) is 0 Å². The van der Waals surface area contributed by atoms with Crippen LogP contribution in [0.1, 0.15) is 6.42 Å². The predicted octanol–water partition coefficient (Wildman–Crippen LogP) is 0.547. The molecule has 1 fully saturated rings. The number of methoxy groups -OCH3 is 1. The van der Waals surface area contributed by atoms with Crippen LogP contribution < -0.4 is 9.46 Å². The molecule has 0 aromatic heterocycles. The van der Waals surface area contributed by atoms with Gasteiger partial charge in [-0.2, -0.15) is 0 Å². The largest absolute Gasteiger partial charge is 0.495 e. The molecule has 0 saturated carbocycles. The van der Waals surface area contributed by atoms with Crippen molar-refractivity contribution in [1.82, 2.24) is 4.72 Å². The maximum atomic E-state index is 13.2. The number of sulfonamides is 1. The van der Waals surface area contributed by atoms with Gasteiger partial charge in [-0.25, -0.2) is 25.9 Å². The van der Waals surface area contributed by atoms with E-state index in [1.165, 1.54) is 13.2 Å². The van der Waals surface area contributed by atoms with Gasteiger partial charge in [-0.15, -0.1) is 0 Å². The first-order valence-electron chi connectivity index (χ1n) is 6.27. The van der Waals surface area contributed by atoms with E-state index in [1.54, 1.807) is 0 Å². The first kappa shape index (κ1) is 16.2. The van der Waals surface area contributed by atoms with Crippen LogP contribution in [0.25, 0.3) is 0 Å². The fourth-order valence-corrected chi connectivity index (χ4v) is 5.36. The quantitative estimate of drug-likeness (QED) is 0.847. The summed E-state index contributed by atoms with van der Waals surface area (Å²) in [5.74, 6) is -0.884. The minimum atomic E-state index is -3.96. The molecule has 1 atom stereocenters. The topological polar surface area (TPSA) is 89.5 Å². The highest BCUT2D eigenvalue weighted by molar-refractivity contribution is 7.91. The van der Waals surface area contributed by atoms with Crippen LogP contribution in [0.3, 0.4) is 0 Å². The maximum Gasteiger partial charge on any atom is 0.244 e. The highest BCUT2D eigenvalue weighted by Gasteiger charge is 2.29. The molecule has 21 heavy (non-hydrogen) atoms. The number of sulfone groups is 1. The van der Waals surface area contributed by atoms with Gasteiger partial charge in [0.05, 0.1) is 18.6 Å². The molecule has 1 saturated heterocycles.